The quantitative estimate of drug-likeness (QED) is 0.430. The Morgan fingerprint density at radius 1 is 1.24 bits per heavy atom. The molecule has 1 aliphatic rings. The summed E-state index contributed by atoms with van der Waals surface area (Å²) < 4.78 is 16.5. The monoisotopic (exact) mass is 240 g/mol. The highest BCUT2D eigenvalue weighted by atomic mass is 16.7. The molecular weight excluding hydrogens is 219 g/mol. The van der Waals surface area contributed by atoms with Gasteiger partial charge in [-0.05, 0) is 47.0 Å². The fourth-order valence-corrected chi connectivity index (χ4v) is 1.47. The lowest BCUT2D eigenvalue weighted by Crippen LogP contribution is -2.41. The Morgan fingerprint density at radius 3 is 2.12 bits per heavy atom. The van der Waals surface area contributed by atoms with Crippen molar-refractivity contribution in [3.63, 3.8) is 0 Å². The molecule has 0 N–H and O–H groups in total. The molecule has 17 heavy (non-hydrogen) atoms. The van der Waals surface area contributed by atoms with E-state index in [1.165, 1.54) is 6.08 Å². The van der Waals surface area contributed by atoms with Crippen LogP contribution in [0.1, 0.15) is 41.5 Å². The first-order valence-electron chi connectivity index (χ1n) is 5.90. The summed E-state index contributed by atoms with van der Waals surface area (Å²) >= 11 is 0. The molecule has 1 heterocycles. The molecule has 0 aromatic heterocycles. The van der Waals surface area contributed by atoms with E-state index in [1.54, 1.807) is 13.8 Å². The summed E-state index contributed by atoms with van der Waals surface area (Å²) in [7, 11) is -0.482. The van der Waals surface area contributed by atoms with E-state index in [0.717, 1.165) is 5.47 Å². The van der Waals surface area contributed by atoms with Gasteiger partial charge in [-0.1, -0.05) is 0 Å². The molecule has 0 atom stereocenters. The molecule has 1 saturated heterocycles. The van der Waals surface area contributed by atoms with Crippen LogP contribution in [0.3, 0.4) is 0 Å². The van der Waals surface area contributed by atoms with E-state index in [1.807, 2.05) is 27.7 Å². The number of rotatable bonds is 3. The van der Waals surface area contributed by atoms with Crippen LogP contribution in [0, 0.1) is 0 Å². The Bertz CT molecular complexity index is 317. The molecule has 0 saturated carbocycles. The third-order valence-electron chi connectivity index (χ3n) is 3.26. The predicted octanol–water partition coefficient (Wildman–Crippen LogP) is 2.13. The highest BCUT2D eigenvalue weighted by molar-refractivity contribution is 6.54. The predicted molar refractivity (Wildman–Crippen MR) is 66.5 cm³/mol. The van der Waals surface area contributed by atoms with Gasteiger partial charge in [0.2, 0.25) is 0 Å². The molecule has 5 heteroatoms. The molecule has 96 valence electrons. The Hall–Kier alpha value is -0.805. The van der Waals surface area contributed by atoms with Crippen molar-refractivity contribution in [2.24, 2.45) is 0 Å². The first-order valence-corrected chi connectivity index (χ1v) is 5.90. The van der Waals surface area contributed by atoms with E-state index in [4.69, 9.17) is 14.0 Å². The summed E-state index contributed by atoms with van der Waals surface area (Å²) in [6.07, 6.45) is 1.42. The molecule has 0 amide bonds. The standard InChI is InChI=1S/C12H21BO4/c1-7-15-10(14)8-9(2)13-16-11(3,4)12(5,6)17-13/h8H,7H2,1-6H3. The zero-order valence-electron chi connectivity index (χ0n) is 11.5. The second kappa shape index (κ2) is 4.82. The van der Waals surface area contributed by atoms with Gasteiger partial charge >= 0.3 is 13.1 Å². The summed E-state index contributed by atoms with van der Waals surface area (Å²) in [5, 5.41) is 0. The van der Waals surface area contributed by atoms with Gasteiger partial charge in [-0.25, -0.2) is 4.79 Å². The SMILES string of the molecule is CCOC(=O)C=C(C)B1OC(C)(C)C(C)(C)O1. The lowest BCUT2D eigenvalue weighted by molar-refractivity contribution is -0.137. The first kappa shape index (κ1) is 14.3. The average molecular weight is 240 g/mol. The fourth-order valence-electron chi connectivity index (χ4n) is 1.47. The van der Waals surface area contributed by atoms with Crippen molar-refractivity contribution >= 4 is 13.1 Å². The lowest BCUT2D eigenvalue weighted by atomic mass is 9.79. The highest BCUT2D eigenvalue weighted by Crippen LogP contribution is 2.38. The topological polar surface area (TPSA) is 44.8 Å². The molecule has 0 radical (unpaired) electrons. The van der Waals surface area contributed by atoms with Gasteiger partial charge in [-0.2, -0.15) is 0 Å². The zero-order valence-corrected chi connectivity index (χ0v) is 11.5. The number of allylic oxidation sites excluding steroid dienone is 1. The number of hydrogen-bond acceptors (Lipinski definition) is 4. The molecular formula is C12H21BO4. The van der Waals surface area contributed by atoms with Crippen LogP contribution in [-0.4, -0.2) is 30.9 Å². The van der Waals surface area contributed by atoms with E-state index in [0.29, 0.717) is 6.61 Å². The van der Waals surface area contributed by atoms with Gasteiger partial charge in [0.05, 0.1) is 17.8 Å². The van der Waals surface area contributed by atoms with Gasteiger partial charge in [-0.15, -0.1) is 0 Å². The number of carbonyl (C=O) groups excluding carboxylic acids is 1. The number of ether oxygens (including phenoxy) is 1. The Balaban J connectivity index is 2.74. The molecule has 0 bridgehead atoms. The van der Waals surface area contributed by atoms with E-state index in [2.05, 4.69) is 0 Å². The van der Waals surface area contributed by atoms with Crippen LogP contribution in [-0.2, 0) is 18.8 Å². The third-order valence-corrected chi connectivity index (χ3v) is 3.26. The van der Waals surface area contributed by atoms with E-state index in [9.17, 15) is 4.79 Å². The number of hydrogen-bond donors (Lipinski definition) is 0. The molecule has 1 rings (SSSR count). The summed E-state index contributed by atoms with van der Waals surface area (Å²) in [5.74, 6) is -0.361. The molecule has 0 aliphatic carbocycles. The minimum Gasteiger partial charge on any atom is -0.463 e. The molecule has 4 nitrogen and oxygen atoms in total. The molecule has 1 aliphatic heterocycles. The Labute approximate surface area is 103 Å². The van der Waals surface area contributed by atoms with Gasteiger partial charge in [0.15, 0.2) is 0 Å². The van der Waals surface area contributed by atoms with E-state index in [-0.39, 0.29) is 17.2 Å². The van der Waals surface area contributed by atoms with Crippen molar-refractivity contribution in [1.29, 1.82) is 0 Å². The normalized spacial score (nSPS) is 22.7. The smallest absolute Gasteiger partial charge is 0.463 e. The second-order valence-corrected chi connectivity index (χ2v) is 5.23. The van der Waals surface area contributed by atoms with Gasteiger partial charge < -0.3 is 14.0 Å². The maximum absolute atomic E-state index is 11.3. The lowest BCUT2D eigenvalue weighted by Gasteiger charge is -2.32. The van der Waals surface area contributed by atoms with Crippen LogP contribution in [0.4, 0.5) is 0 Å². The minimum atomic E-state index is -0.482. The minimum absolute atomic E-state index is 0.361. The van der Waals surface area contributed by atoms with E-state index >= 15 is 0 Å². The fraction of sp³-hybridized carbons (Fsp3) is 0.750. The summed E-state index contributed by atoms with van der Waals surface area (Å²) in [6, 6.07) is 0. The van der Waals surface area contributed by atoms with Crippen LogP contribution >= 0.6 is 0 Å². The van der Waals surface area contributed by atoms with Crippen molar-refractivity contribution in [2.75, 3.05) is 6.61 Å². The third kappa shape index (κ3) is 3.10. The highest BCUT2D eigenvalue weighted by Gasteiger charge is 2.51. The number of esters is 1. The molecule has 0 spiro atoms. The second-order valence-electron chi connectivity index (χ2n) is 5.23. The molecule has 0 aromatic rings. The molecule has 0 unspecified atom stereocenters. The zero-order chi connectivity index (χ0) is 13.3. The Kier molecular flexibility index (Phi) is 4.04. The summed E-state index contributed by atoms with van der Waals surface area (Å²) in [6.45, 7) is 11.9. The van der Waals surface area contributed by atoms with Crippen LogP contribution in [0.25, 0.3) is 0 Å². The Morgan fingerprint density at radius 2 is 1.71 bits per heavy atom. The van der Waals surface area contributed by atoms with Crippen molar-refractivity contribution in [3.05, 3.63) is 11.5 Å². The largest absolute Gasteiger partial charge is 0.490 e. The van der Waals surface area contributed by atoms with Gasteiger partial charge in [0.25, 0.3) is 0 Å². The van der Waals surface area contributed by atoms with Gasteiger partial charge in [0, 0.05) is 6.08 Å². The molecule has 0 aromatic carbocycles. The van der Waals surface area contributed by atoms with E-state index < -0.39 is 7.12 Å². The van der Waals surface area contributed by atoms with Crippen LogP contribution < -0.4 is 0 Å². The maximum atomic E-state index is 11.3. The van der Waals surface area contributed by atoms with Crippen molar-refractivity contribution < 1.29 is 18.8 Å². The van der Waals surface area contributed by atoms with Gasteiger partial charge in [-0.3, -0.25) is 0 Å². The van der Waals surface area contributed by atoms with Gasteiger partial charge in [0.1, 0.15) is 0 Å². The van der Waals surface area contributed by atoms with Crippen LogP contribution in [0.5, 0.6) is 0 Å². The molecule has 1 fully saturated rings. The first-order chi connectivity index (χ1) is 7.69. The van der Waals surface area contributed by atoms with Crippen molar-refractivity contribution in [1.82, 2.24) is 0 Å². The average Bonchev–Trinajstić information content (AvgIpc) is 2.36. The van der Waals surface area contributed by atoms with Crippen molar-refractivity contribution in [2.45, 2.75) is 52.7 Å². The summed E-state index contributed by atoms with van der Waals surface area (Å²) in [4.78, 5) is 11.3. The number of carbonyl (C=O) groups is 1. The van der Waals surface area contributed by atoms with Crippen molar-refractivity contribution in [3.8, 4) is 0 Å². The van der Waals surface area contributed by atoms with Crippen LogP contribution in [0.15, 0.2) is 11.5 Å². The van der Waals surface area contributed by atoms with Crippen LogP contribution in [0.2, 0.25) is 0 Å². The summed E-state index contributed by atoms with van der Waals surface area (Å²) in [5.41, 5.74) is -0.0508. The maximum Gasteiger partial charge on any atom is 0.490 e.